The molecule has 124 valence electrons. The molecular formula is C19H20ClN3O. The fraction of sp³-hybridized carbons (Fsp3) is 0.316. The lowest BCUT2D eigenvalue weighted by atomic mass is 10.1. The van der Waals surface area contributed by atoms with Gasteiger partial charge in [-0.3, -0.25) is 10.00 Å². The number of hydrogen-bond donors (Lipinski definition) is 1. The molecule has 0 spiro atoms. The van der Waals surface area contributed by atoms with Crippen LogP contribution < -0.4 is 4.74 Å². The maximum absolute atomic E-state index is 6.22. The fourth-order valence-electron chi connectivity index (χ4n) is 3.29. The predicted molar refractivity (Wildman–Crippen MR) is 96.5 cm³/mol. The summed E-state index contributed by atoms with van der Waals surface area (Å²) in [6.45, 7) is 3.01. The van der Waals surface area contributed by atoms with Crippen LogP contribution in [0.3, 0.4) is 0 Å². The lowest BCUT2D eigenvalue weighted by Crippen LogP contribution is -2.40. The summed E-state index contributed by atoms with van der Waals surface area (Å²) in [5.41, 5.74) is 2.33. The summed E-state index contributed by atoms with van der Waals surface area (Å²) in [6.07, 6.45) is 4.32. The monoisotopic (exact) mass is 341 g/mol. The second kappa shape index (κ2) is 6.83. The number of nitrogens with zero attached hydrogens (tertiary/aromatic N) is 2. The summed E-state index contributed by atoms with van der Waals surface area (Å²) in [4.78, 5) is 2.45. The second-order valence-electron chi connectivity index (χ2n) is 6.36. The van der Waals surface area contributed by atoms with Crippen LogP contribution in [0.5, 0.6) is 5.75 Å². The van der Waals surface area contributed by atoms with Gasteiger partial charge in [0, 0.05) is 23.5 Å². The van der Waals surface area contributed by atoms with Crippen molar-refractivity contribution in [2.45, 2.75) is 25.5 Å². The van der Waals surface area contributed by atoms with E-state index in [4.69, 9.17) is 16.3 Å². The van der Waals surface area contributed by atoms with Crippen molar-refractivity contribution in [1.29, 1.82) is 0 Å². The highest BCUT2D eigenvalue weighted by atomic mass is 35.5. The molecule has 4 rings (SSSR count). The summed E-state index contributed by atoms with van der Waals surface area (Å²) >= 11 is 5.96. The van der Waals surface area contributed by atoms with E-state index >= 15 is 0 Å². The number of benzene rings is 2. The van der Waals surface area contributed by atoms with Crippen LogP contribution in [-0.4, -0.2) is 34.3 Å². The molecular weight excluding hydrogens is 322 g/mol. The fourth-order valence-corrected chi connectivity index (χ4v) is 3.41. The maximum Gasteiger partial charge on any atom is 0.120 e. The van der Waals surface area contributed by atoms with Gasteiger partial charge in [0.15, 0.2) is 0 Å². The molecule has 0 aliphatic carbocycles. The Morgan fingerprint density at radius 1 is 1.21 bits per heavy atom. The molecule has 1 atom stereocenters. The van der Waals surface area contributed by atoms with Gasteiger partial charge in [-0.1, -0.05) is 23.7 Å². The van der Waals surface area contributed by atoms with Crippen LogP contribution in [0.1, 0.15) is 18.4 Å². The first-order valence-corrected chi connectivity index (χ1v) is 8.71. The van der Waals surface area contributed by atoms with E-state index in [0.717, 1.165) is 54.2 Å². The maximum atomic E-state index is 6.22. The van der Waals surface area contributed by atoms with E-state index < -0.39 is 0 Å². The van der Waals surface area contributed by atoms with E-state index in [1.165, 1.54) is 5.56 Å². The highest BCUT2D eigenvalue weighted by molar-refractivity contribution is 6.30. The minimum absolute atomic E-state index is 0.232. The number of piperidine rings is 1. The van der Waals surface area contributed by atoms with E-state index in [0.29, 0.717) is 0 Å². The average molecular weight is 342 g/mol. The van der Waals surface area contributed by atoms with Gasteiger partial charge in [-0.05, 0) is 55.3 Å². The highest BCUT2D eigenvalue weighted by Crippen LogP contribution is 2.23. The second-order valence-corrected chi connectivity index (χ2v) is 6.80. The van der Waals surface area contributed by atoms with E-state index in [9.17, 15) is 0 Å². The SMILES string of the molecule is Clc1ccc(CN2CCCC(Oc3ccc4[nH]ncc4c3)C2)cc1. The van der Waals surface area contributed by atoms with Gasteiger partial charge in [0.05, 0.1) is 11.7 Å². The van der Waals surface area contributed by atoms with Crippen molar-refractivity contribution in [3.05, 3.63) is 59.2 Å². The van der Waals surface area contributed by atoms with E-state index in [1.54, 1.807) is 0 Å². The minimum atomic E-state index is 0.232. The zero-order valence-corrected chi connectivity index (χ0v) is 14.2. The highest BCUT2D eigenvalue weighted by Gasteiger charge is 2.21. The van der Waals surface area contributed by atoms with Crippen LogP contribution in [0, 0.1) is 0 Å². The number of hydrogen-bond acceptors (Lipinski definition) is 3. The first kappa shape index (κ1) is 15.5. The molecule has 1 N–H and O–H groups in total. The molecule has 2 heterocycles. The number of rotatable bonds is 4. The molecule has 0 saturated carbocycles. The molecule has 1 saturated heterocycles. The smallest absolute Gasteiger partial charge is 0.120 e. The molecule has 1 unspecified atom stereocenters. The van der Waals surface area contributed by atoms with Gasteiger partial charge >= 0.3 is 0 Å². The van der Waals surface area contributed by atoms with Gasteiger partial charge in [-0.15, -0.1) is 0 Å². The molecule has 0 radical (unpaired) electrons. The van der Waals surface area contributed by atoms with E-state index in [2.05, 4.69) is 33.3 Å². The summed E-state index contributed by atoms with van der Waals surface area (Å²) in [5, 5.41) is 8.89. The van der Waals surface area contributed by atoms with Crippen LogP contribution in [-0.2, 0) is 6.54 Å². The zero-order valence-electron chi connectivity index (χ0n) is 13.4. The third kappa shape index (κ3) is 3.55. The van der Waals surface area contributed by atoms with Crippen molar-refractivity contribution in [2.75, 3.05) is 13.1 Å². The topological polar surface area (TPSA) is 41.1 Å². The van der Waals surface area contributed by atoms with E-state index in [-0.39, 0.29) is 6.10 Å². The zero-order chi connectivity index (χ0) is 16.4. The number of nitrogens with one attached hydrogen (secondary N) is 1. The van der Waals surface area contributed by atoms with Crippen LogP contribution in [0.25, 0.3) is 10.9 Å². The quantitative estimate of drug-likeness (QED) is 0.771. The Labute approximate surface area is 146 Å². The van der Waals surface area contributed by atoms with Crippen molar-refractivity contribution in [3.63, 3.8) is 0 Å². The number of aromatic amines is 1. The van der Waals surface area contributed by atoms with Gasteiger partial charge in [0.2, 0.25) is 0 Å². The summed E-state index contributed by atoms with van der Waals surface area (Å²) < 4.78 is 6.22. The molecule has 1 aromatic heterocycles. The lowest BCUT2D eigenvalue weighted by molar-refractivity contribution is 0.0844. The van der Waals surface area contributed by atoms with Crippen LogP contribution >= 0.6 is 11.6 Å². The third-order valence-corrected chi connectivity index (χ3v) is 4.75. The third-order valence-electron chi connectivity index (χ3n) is 4.50. The number of fused-ring (bicyclic) bond motifs is 1. The van der Waals surface area contributed by atoms with Crippen molar-refractivity contribution in [3.8, 4) is 5.75 Å². The molecule has 3 aromatic rings. The number of ether oxygens (including phenoxy) is 1. The number of likely N-dealkylation sites (tertiary alicyclic amines) is 1. The van der Waals surface area contributed by atoms with E-state index in [1.807, 2.05) is 30.5 Å². The predicted octanol–water partition coefficient (Wildman–Crippen LogP) is 4.26. The average Bonchev–Trinajstić information content (AvgIpc) is 3.05. The Morgan fingerprint density at radius 2 is 2.08 bits per heavy atom. The molecule has 24 heavy (non-hydrogen) atoms. The van der Waals surface area contributed by atoms with Gasteiger partial charge in [-0.2, -0.15) is 5.10 Å². The van der Waals surface area contributed by atoms with Crippen LogP contribution in [0.2, 0.25) is 5.02 Å². The number of H-pyrrole nitrogens is 1. The summed E-state index contributed by atoms with van der Waals surface area (Å²) in [5.74, 6) is 0.919. The van der Waals surface area contributed by atoms with Gasteiger partial charge in [0.25, 0.3) is 0 Å². The normalized spacial score (nSPS) is 18.8. The molecule has 4 nitrogen and oxygen atoms in total. The standard InChI is InChI=1S/C19H20ClN3O/c20-16-5-3-14(4-6-16)12-23-9-1-2-18(13-23)24-17-7-8-19-15(10-17)11-21-22-19/h3-8,10-11,18H,1-2,9,12-13H2,(H,21,22). The molecule has 0 bridgehead atoms. The number of halogens is 1. The number of aromatic nitrogens is 2. The first-order chi connectivity index (χ1) is 11.8. The van der Waals surface area contributed by atoms with Crippen LogP contribution in [0.4, 0.5) is 0 Å². The molecule has 2 aromatic carbocycles. The van der Waals surface area contributed by atoms with Gasteiger partial charge in [0.1, 0.15) is 11.9 Å². The van der Waals surface area contributed by atoms with Crippen molar-refractivity contribution >= 4 is 22.5 Å². The Kier molecular flexibility index (Phi) is 4.41. The molecule has 1 aliphatic heterocycles. The Bertz CT molecular complexity index is 815. The molecule has 1 aliphatic rings. The minimum Gasteiger partial charge on any atom is -0.489 e. The summed E-state index contributed by atoms with van der Waals surface area (Å²) in [7, 11) is 0. The summed E-state index contributed by atoms with van der Waals surface area (Å²) in [6, 6.07) is 14.2. The lowest BCUT2D eigenvalue weighted by Gasteiger charge is -2.33. The van der Waals surface area contributed by atoms with Gasteiger partial charge < -0.3 is 4.74 Å². The molecule has 5 heteroatoms. The molecule has 0 amide bonds. The van der Waals surface area contributed by atoms with Crippen molar-refractivity contribution in [2.24, 2.45) is 0 Å². The largest absolute Gasteiger partial charge is 0.489 e. The molecule has 1 fully saturated rings. The van der Waals surface area contributed by atoms with Crippen molar-refractivity contribution in [1.82, 2.24) is 15.1 Å². The Morgan fingerprint density at radius 3 is 2.96 bits per heavy atom. The van der Waals surface area contributed by atoms with Gasteiger partial charge in [-0.25, -0.2) is 0 Å². The van der Waals surface area contributed by atoms with Crippen molar-refractivity contribution < 1.29 is 4.74 Å². The van der Waals surface area contributed by atoms with Crippen LogP contribution in [0.15, 0.2) is 48.7 Å². The Balaban J connectivity index is 1.39. The first-order valence-electron chi connectivity index (χ1n) is 8.33. The Hall–Kier alpha value is -2.04.